The van der Waals surface area contributed by atoms with Crippen molar-refractivity contribution in [3.8, 4) is 0 Å². The van der Waals surface area contributed by atoms with Crippen molar-refractivity contribution >= 4 is 35.5 Å². The summed E-state index contributed by atoms with van der Waals surface area (Å²) in [5.74, 6) is -1.19. The van der Waals surface area contributed by atoms with Crippen LogP contribution in [0.4, 0.5) is 9.59 Å². The molecule has 2 aromatic heterocycles. The second-order valence-electron chi connectivity index (χ2n) is 15.7. The third kappa shape index (κ3) is 8.43. The second-order valence-corrected chi connectivity index (χ2v) is 15.7. The van der Waals surface area contributed by atoms with E-state index in [0.717, 1.165) is 11.1 Å². The molecule has 5 aromatic rings. The van der Waals surface area contributed by atoms with Crippen LogP contribution in [0.5, 0.6) is 0 Å². The lowest BCUT2D eigenvalue weighted by Crippen LogP contribution is -2.43. The average molecular weight is 853 g/mol. The van der Waals surface area contributed by atoms with Crippen molar-refractivity contribution in [3.05, 3.63) is 161 Å². The lowest BCUT2D eigenvalue weighted by Gasteiger charge is -2.32. The fourth-order valence-corrected chi connectivity index (χ4v) is 8.94. The Morgan fingerprint density at radius 3 is 1.76 bits per heavy atom. The first-order chi connectivity index (χ1) is 30.6. The number of likely N-dealkylation sites (tertiary alicyclic amines) is 2. The number of amides is 4. The molecule has 3 aromatic carbocycles. The molecule has 63 heavy (non-hydrogen) atoms. The van der Waals surface area contributed by atoms with Crippen molar-refractivity contribution < 1.29 is 38.6 Å². The van der Waals surface area contributed by atoms with E-state index in [-0.39, 0.29) is 17.3 Å². The molecule has 2 fully saturated rings. The number of imidazole rings is 2. The minimum absolute atomic E-state index is 0.216. The van der Waals surface area contributed by atoms with Crippen molar-refractivity contribution in [2.45, 2.75) is 61.7 Å². The number of ether oxygens (including phenoxy) is 2. The van der Waals surface area contributed by atoms with Crippen LogP contribution in [0.3, 0.4) is 0 Å². The topological polar surface area (TPSA) is 212 Å². The number of carbonyl (C=O) groups excluding carboxylic acids is 4. The average Bonchev–Trinajstić information content (AvgIpc) is 4.17. The van der Waals surface area contributed by atoms with Crippen LogP contribution in [0.25, 0.3) is 5.57 Å². The summed E-state index contributed by atoms with van der Waals surface area (Å²) in [6.07, 6.45) is 8.79. The molecular formula is C47H48N8O8. The fourth-order valence-electron chi connectivity index (χ4n) is 8.94. The number of aromatic amines is 2. The Kier molecular flexibility index (Phi) is 12.2. The van der Waals surface area contributed by atoms with Gasteiger partial charge in [-0.15, -0.1) is 0 Å². The Labute approximate surface area is 363 Å². The van der Waals surface area contributed by atoms with Gasteiger partial charge in [-0.2, -0.15) is 0 Å². The molecule has 0 spiro atoms. The van der Waals surface area contributed by atoms with Gasteiger partial charge in [0.05, 0.1) is 43.1 Å². The number of hydrogen-bond donors (Lipinski definition) is 5. The number of carboxylic acid groups (broad SMARTS) is 1. The Balaban J connectivity index is 1.17. The smallest absolute Gasteiger partial charge is 0.407 e. The summed E-state index contributed by atoms with van der Waals surface area (Å²) in [6, 6.07) is 24.4. The summed E-state index contributed by atoms with van der Waals surface area (Å²) in [4.78, 5) is 86.7. The maximum atomic E-state index is 14.4. The van der Waals surface area contributed by atoms with Crippen LogP contribution in [0.2, 0.25) is 0 Å². The maximum absolute atomic E-state index is 14.4. The quantitative estimate of drug-likeness (QED) is 0.0898. The Morgan fingerprint density at radius 2 is 1.27 bits per heavy atom. The zero-order valence-corrected chi connectivity index (χ0v) is 34.8. The number of methoxy groups -OCH3 is 2. The van der Waals surface area contributed by atoms with Gasteiger partial charge in [0.2, 0.25) is 0 Å². The number of carboxylic acids is 1. The molecular weight excluding hydrogens is 805 g/mol. The molecule has 8 rings (SSSR count). The van der Waals surface area contributed by atoms with Crippen LogP contribution in [0, 0.1) is 0 Å². The largest absolute Gasteiger partial charge is 0.476 e. The number of benzene rings is 3. The molecule has 16 heteroatoms. The van der Waals surface area contributed by atoms with Gasteiger partial charge in [0.25, 0.3) is 11.8 Å². The lowest BCUT2D eigenvalue weighted by atomic mass is 9.73. The van der Waals surface area contributed by atoms with Gasteiger partial charge < -0.3 is 45.0 Å². The van der Waals surface area contributed by atoms with Crippen LogP contribution in [0.1, 0.15) is 106 Å². The zero-order valence-electron chi connectivity index (χ0n) is 34.8. The lowest BCUT2D eigenvalue weighted by molar-refractivity contribution is -0.135. The number of carbonyl (C=O) groups is 5. The molecule has 4 amide bonds. The number of aromatic nitrogens is 4. The molecule has 0 bridgehead atoms. The van der Waals surface area contributed by atoms with Crippen molar-refractivity contribution in [2.75, 3.05) is 27.3 Å². The van der Waals surface area contributed by atoms with E-state index in [0.29, 0.717) is 73.7 Å². The van der Waals surface area contributed by atoms with Gasteiger partial charge in [-0.05, 0) is 54.4 Å². The first-order valence-electron chi connectivity index (χ1n) is 20.9. The number of aromatic carboxylic acids is 1. The van der Waals surface area contributed by atoms with Crippen molar-refractivity contribution in [3.63, 3.8) is 0 Å². The molecule has 16 nitrogen and oxygen atoms in total. The van der Waals surface area contributed by atoms with E-state index in [1.165, 1.54) is 14.2 Å². The van der Waals surface area contributed by atoms with Gasteiger partial charge in [-0.3, -0.25) is 9.59 Å². The Morgan fingerprint density at radius 1 is 0.746 bits per heavy atom. The molecule has 2 saturated heterocycles. The molecule has 1 aliphatic carbocycles. The number of allylic oxidation sites excluding steroid dienone is 4. The number of nitrogens with zero attached hydrogens (tertiary/aromatic N) is 4. The highest BCUT2D eigenvalue weighted by Crippen LogP contribution is 2.45. The molecule has 0 saturated carbocycles. The number of alkyl carbamates (subject to hydrolysis) is 2. The fraction of sp³-hybridized carbons (Fsp3) is 0.298. The minimum atomic E-state index is -1.26. The molecule has 4 heterocycles. The number of rotatable bonds is 12. The van der Waals surface area contributed by atoms with E-state index in [1.54, 1.807) is 64.5 Å². The molecule has 5 N–H and O–H groups in total. The Bertz CT molecular complexity index is 2540. The van der Waals surface area contributed by atoms with Gasteiger partial charge in [-0.25, -0.2) is 24.4 Å². The van der Waals surface area contributed by atoms with Crippen LogP contribution in [0.15, 0.2) is 115 Å². The SMILES string of the molecule is COC(=O)N[C@@H](C(=O)N1CCC[C@H]1c1ncc(C2(c3[nH]c([C@@H]4CCCN4C(=O)[C@H](NC(=O)OC)c4ccccc4)nc3C(=O)O)C=CC(c3ccccc3)=CC2)[nH]1)c1ccccc1. The third-order valence-corrected chi connectivity index (χ3v) is 12.1. The van der Waals surface area contributed by atoms with Gasteiger partial charge >= 0.3 is 18.2 Å². The molecule has 5 atom stereocenters. The highest BCUT2D eigenvalue weighted by molar-refractivity contribution is 5.90. The summed E-state index contributed by atoms with van der Waals surface area (Å²) < 4.78 is 9.74. The van der Waals surface area contributed by atoms with Gasteiger partial charge in [-0.1, -0.05) is 109 Å². The summed E-state index contributed by atoms with van der Waals surface area (Å²) in [6.45, 7) is 0.771. The van der Waals surface area contributed by atoms with Gasteiger partial charge in [0, 0.05) is 19.3 Å². The molecule has 3 aliphatic rings. The highest BCUT2D eigenvalue weighted by Gasteiger charge is 2.45. The highest BCUT2D eigenvalue weighted by atomic mass is 16.5. The molecule has 1 unspecified atom stereocenters. The monoisotopic (exact) mass is 852 g/mol. The third-order valence-electron chi connectivity index (χ3n) is 12.1. The minimum Gasteiger partial charge on any atom is -0.476 e. The van der Waals surface area contributed by atoms with E-state index < -0.39 is 53.6 Å². The van der Waals surface area contributed by atoms with E-state index in [1.807, 2.05) is 60.7 Å². The Hall–Kier alpha value is -7.49. The summed E-state index contributed by atoms with van der Waals surface area (Å²) in [7, 11) is 2.47. The predicted molar refractivity (Wildman–Crippen MR) is 230 cm³/mol. The van der Waals surface area contributed by atoms with Crippen molar-refractivity contribution in [1.29, 1.82) is 0 Å². The van der Waals surface area contributed by atoms with E-state index in [9.17, 15) is 29.1 Å². The summed E-state index contributed by atoms with van der Waals surface area (Å²) in [5.41, 5.74) is 2.55. The van der Waals surface area contributed by atoms with Crippen LogP contribution >= 0.6 is 0 Å². The van der Waals surface area contributed by atoms with Crippen LogP contribution < -0.4 is 10.6 Å². The van der Waals surface area contributed by atoms with Gasteiger partial charge in [0.1, 0.15) is 23.7 Å². The molecule has 2 aliphatic heterocycles. The van der Waals surface area contributed by atoms with E-state index >= 15 is 0 Å². The summed E-state index contributed by atoms with van der Waals surface area (Å²) >= 11 is 0. The first-order valence-corrected chi connectivity index (χ1v) is 20.9. The standard InChI is InChI=1S/C47H48N8O8/c1-62-45(60)51-36(31-16-8-4-9-17-31)42(56)54-26-12-20-33(54)40-48-28-35(49-40)47(24-22-30(23-25-47)29-14-6-3-7-15-29)39-38(44(58)59)50-41(53-39)34-21-13-27-55(34)43(57)37(52-46(61)63-2)32-18-10-5-11-19-32/h3-11,14-19,22-24,28,33-34,36-37H,12-13,20-21,25-27H2,1-2H3,(H,48,49)(H,50,53)(H,51,60)(H,52,61)(H,58,59)/t33-,34-,36+,37+,47?/m0/s1. The predicted octanol–water partition coefficient (Wildman–Crippen LogP) is 6.68. The second kappa shape index (κ2) is 18.2. The van der Waals surface area contributed by atoms with E-state index in [2.05, 4.69) is 20.6 Å². The van der Waals surface area contributed by atoms with Crippen molar-refractivity contribution in [1.82, 2.24) is 40.4 Å². The zero-order chi connectivity index (χ0) is 44.1. The van der Waals surface area contributed by atoms with Crippen molar-refractivity contribution in [2.24, 2.45) is 0 Å². The normalized spacial score (nSPS) is 20.4. The number of hydrogen-bond acceptors (Lipinski definition) is 9. The number of nitrogens with one attached hydrogen (secondary N) is 4. The summed E-state index contributed by atoms with van der Waals surface area (Å²) in [5, 5.41) is 16.2. The maximum Gasteiger partial charge on any atom is 0.407 e. The van der Waals surface area contributed by atoms with E-state index in [4.69, 9.17) is 19.4 Å². The first kappa shape index (κ1) is 42.2. The molecule has 0 radical (unpaired) electrons. The van der Waals surface area contributed by atoms with Gasteiger partial charge in [0.15, 0.2) is 5.69 Å². The molecule has 324 valence electrons. The number of H-pyrrole nitrogens is 2. The van der Waals surface area contributed by atoms with Crippen LogP contribution in [-0.4, -0.2) is 92.1 Å². The van der Waals surface area contributed by atoms with Crippen LogP contribution in [-0.2, 0) is 24.5 Å².